The van der Waals surface area contributed by atoms with E-state index in [-0.39, 0.29) is 6.71 Å². The van der Waals surface area contributed by atoms with Gasteiger partial charge in [-0.3, -0.25) is 0 Å². The monoisotopic (exact) mass is 597 g/mol. The van der Waals surface area contributed by atoms with Gasteiger partial charge in [0, 0.05) is 22.5 Å². The summed E-state index contributed by atoms with van der Waals surface area (Å²) in [6.45, 7) is 14.1. The molecule has 1 aromatic heterocycles. The summed E-state index contributed by atoms with van der Waals surface area (Å²) in [7, 11) is 0. The van der Waals surface area contributed by atoms with Gasteiger partial charge in [-0.2, -0.15) is 0 Å². The Balaban J connectivity index is 1.39. The summed E-state index contributed by atoms with van der Waals surface area (Å²) >= 11 is 0. The molecule has 0 saturated heterocycles. The molecule has 0 saturated carbocycles. The van der Waals surface area contributed by atoms with Crippen LogP contribution in [0.5, 0.6) is 11.5 Å². The number of ether oxygens (including phenoxy) is 1. The van der Waals surface area contributed by atoms with Gasteiger partial charge in [0.2, 0.25) is 0 Å². The zero-order chi connectivity index (χ0) is 31.7. The number of hydrogen-bond donors (Lipinski definition) is 0. The lowest BCUT2D eigenvalue weighted by Crippen LogP contribution is -2.57. The van der Waals surface area contributed by atoms with E-state index >= 15 is 0 Å². The van der Waals surface area contributed by atoms with Crippen LogP contribution in [-0.4, -0.2) is 11.3 Å². The molecule has 3 heteroatoms. The third kappa shape index (κ3) is 4.40. The highest BCUT2D eigenvalue weighted by molar-refractivity contribution is 6.97. The maximum absolute atomic E-state index is 6.81. The van der Waals surface area contributed by atoms with E-state index in [1.54, 1.807) is 0 Å². The van der Waals surface area contributed by atoms with E-state index in [2.05, 4.69) is 161 Å². The van der Waals surface area contributed by atoms with Crippen LogP contribution in [0.25, 0.3) is 38.3 Å². The molecule has 0 unspecified atom stereocenters. The molecule has 0 radical (unpaired) electrons. The van der Waals surface area contributed by atoms with Crippen molar-refractivity contribution in [1.29, 1.82) is 0 Å². The smallest absolute Gasteiger partial charge is 0.251 e. The summed E-state index contributed by atoms with van der Waals surface area (Å²) in [4.78, 5) is 0. The van der Waals surface area contributed by atoms with E-state index in [0.29, 0.717) is 17.8 Å². The minimum Gasteiger partial charge on any atom is -0.458 e. The molecule has 226 valence electrons. The Labute approximate surface area is 272 Å². The lowest BCUT2D eigenvalue weighted by molar-refractivity contribution is 0.487. The van der Waals surface area contributed by atoms with Crippen LogP contribution >= 0.6 is 0 Å². The molecule has 0 N–H and O–H groups in total. The Kier molecular flexibility index (Phi) is 6.83. The van der Waals surface area contributed by atoms with Crippen LogP contribution in [0, 0.1) is 0 Å². The number of aromatic nitrogens is 1. The van der Waals surface area contributed by atoms with Crippen molar-refractivity contribution >= 4 is 55.7 Å². The maximum atomic E-state index is 6.81. The SMILES string of the molecule is CC(C)c1cc(C(C)C)c(B2c3ccccc3Oc3cc(-n4c5ccccc5c5c6ccccc6ccc54)ccc32)c(C(C)C)c1. The summed E-state index contributed by atoms with van der Waals surface area (Å²) in [5.41, 5.74) is 11.8. The largest absolute Gasteiger partial charge is 0.458 e. The topological polar surface area (TPSA) is 14.2 Å². The number of para-hydroxylation sites is 2. The number of hydrogen-bond acceptors (Lipinski definition) is 1. The summed E-state index contributed by atoms with van der Waals surface area (Å²) in [6.07, 6.45) is 0. The average Bonchev–Trinajstić information content (AvgIpc) is 3.41. The molecule has 0 fully saturated rings. The first-order valence-electron chi connectivity index (χ1n) is 16.8. The van der Waals surface area contributed by atoms with Gasteiger partial charge >= 0.3 is 0 Å². The van der Waals surface area contributed by atoms with Crippen LogP contribution in [-0.2, 0) is 0 Å². The maximum Gasteiger partial charge on any atom is 0.251 e. The quantitative estimate of drug-likeness (QED) is 0.180. The Morgan fingerprint density at radius 1 is 0.543 bits per heavy atom. The van der Waals surface area contributed by atoms with Crippen molar-refractivity contribution in [2.45, 2.75) is 59.3 Å². The number of rotatable bonds is 5. The highest BCUT2D eigenvalue weighted by Crippen LogP contribution is 2.38. The van der Waals surface area contributed by atoms with Crippen molar-refractivity contribution in [3.05, 3.63) is 132 Å². The fraction of sp³-hybridized carbons (Fsp3) is 0.209. The zero-order valence-corrected chi connectivity index (χ0v) is 27.6. The molecule has 0 amide bonds. The van der Waals surface area contributed by atoms with Crippen LogP contribution < -0.4 is 21.1 Å². The van der Waals surface area contributed by atoms with E-state index in [4.69, 9.17) is 4.74 Å². The van der Waals surface area contributed by atoms with Crippen molar-refractivity contribution in [3.8, 4) is 17.2 Å². The van der Waals surface area contributed by atoms with Gasteiger partial charge in [-0.1, -0.05) is 132 Å². The predicted octanol–water partition coefficient (Wildman–Crippen LogP) is 9.93. The fourth-order valence-corrected chi connectivity index (χ4v) is 7.76. The molecule has 8 rings (SSSR count). The first-order valence-corrected chi connectivity index (χ1v) is 16.8. The number of fused-ring (bicyclic) bond motifs is 7. The number of nitrogens with zero attached hydrogens (tertiary/aromatic N) is 1. The average molecular weight is 598 g/mol. The highest BCUT2D eigenvalue weighted by atomic mass is 16.5. The molecule has 2 heterocycles. The minimum absolute atomic E-state index is 0.0899. The Bertz CT molecular complexity index is 2260. The van der Waals surface area contributed by atoms with Crippen molar-refractivity contribution in [2.24, 2.45) is 0 Å². The second-order valence-electron chi connectivity index (χ2n) is 13.9. The van der Waals surface area contributed by atoms with E-state index in [1.807, 2.05) is 0 Å². The Hall–Kier alpha value is -4.76. The Morgan fingerprint density at radius 2 is 1.20 bits per heavy atom. The van der Waals surface area contributed by atoms with Gasteiger partial charge < -0.3 is 9.30 Å². The second kappa shape index (κ2) is 10.9. The van der Waals surface area contributed by atoms with Crippen molar-refractivity contribution < 1.29 is 4.74 Å². The third-order valence-electron chi connectivity index (χ3n) is 10.0. The van der Waals surface area contributed by atoms with Gasteiger partial charge in [0.25, 0.3) is 6.71 Å². The molecular formula is C43H40BNO. The normalized spacial score (nSPS) is 12.8. The van der Waals surface area contributed by atoms with Gasteiger partial charge in [0.15, 0.2) is 0 Å². The van der Waals surface area contributed by atoms with Crippen LogP contribution in [0.2, 0.25) is 0 Å². The molecule has 46 heavy (non-hydrogen) atoms. The predicted molar refractivity (Wildman–Crippen MR) is 198 cm³/mol. The standard InChI is InChI=1S/C43H40BNO/c1-26(2)30-23-34(27(3)4)43(35(24-30)28(5)6)44-36-16-10-12-18-40(36)46-41-25-31(20-21-37(41)44)45-38-17-11-9-15-33(38)42-32-14-8-7-13-29(32)19-22-39(42)45/h7-28H,1-6H3. The summed E-state index contributed by atoms with van der Waals surface area (Å²) in [5.74, 6) is 3.16. The van der Waals surface area contributed by atoms with E-state index < -0.39 is 0 Å². The molecule has 0 atom stereocenters. The van der Waals surface area contributed by atoms with Crippen LogP contribution in [0.4, 0.5) is 0 Å². The lowest BCUT2D eigenvalue weighted by Gasteiger charge is -2.32. The third-order valence-corrected chi connectivity index (χ3v) is 10.0. The van der Waals surface area contributed by atoms with Crippen molar-refractivity contribution in [1.82, 2.24) is 4.57 Å². The molecule has 0 bridgehead atoms. The lowest BCUT2D eigenvalue weighted by atomic mass is 9.34. The summed E-state index contributed by atoms with van der Waals surface area (Å²) in [6, 6.07) is 42.5. The van der Waals surface area contributed by atoms with Gasteiger partial charge in [-0.15, -0.1) is 0 Å². The fourth-order valence-electron chi connectivity index (χ4n) is 7.76. The molecule has 0 aliphatic carbocycles. The molecular weight excluding hydrogens is 557 g/mol. The zero-order valence-electron chi connectivity index (χ0n) is 27.6. The highest BCUT2D eigenvalue weighted by Gasteiger charge is 2.36. The first kappa shape index (κ1) is 28.7. The molecule has 7 aromatic rings. The molecule has 2 nitrogen and oxygen atoms in total. The van der Waals surface area contributed by atoms with Gasteiger partial charge in [-0.05, 0) is 80.4 Å². The molecule has 0 spiro atoms. The van der Waals surface area contributed by atoms with E-state index in [9.17, 15) is 0 Å². The van der Waals surface area contributed by atoms with Gasteiger partial charge in [0.05, 0.1) is 11.0 Å². The van der Waals surface area contributed by atoms with Gasteiger partial charge in [-0.25, -0.2) is 0 Å². The van der Waals surface area contributed by atoms with Crippen molar-refractivity contribution in [2.75, 3.05) is 0 Å². The van der Waals surface area contributed by atoms with Crippen LogP contribution in [0.3, 0.4) is 0 Å². The van der Waals surface area contributed by atoms with Gasteiger partial charge in [0.1, 0.15) is 11.5 Å². The van der Waals surface area contributed by atoms with Crippen LogP contribution in [0.15, 0.2) is 115 Å². The second-order valence-corrected chi connectivity index (χ2v) is 13.9. The summed E-state index contributed by atoms with van der Waals surface area (Å²) < 4.78 is 9.22. The minimum atomic E-state index is 0.0899. The van der Waals surface area contributed by atoms with Crippen LogP contribution in [0.1, 0.15) is 76.0 Å². The van der Waals surface area contributed by atoms with E-state index in [1.165, 1.54) is 65.7 Å². The Morgan fingerprint density at radius 3 is 1.93 bits per heavy atom. The molecule has 6 aromatic carbocycles. The molecule has 1 aliphatic rings. The molecule has 1 aliphatic heterocycles. The van der Waals surface area contributed by atoms with Crippen molar-refractivity contribution in [3.63, 3.8) is 0 Å². The van der Waals surface area contributed by atoms with E-state index in [0.717, 1.165) is 17.2 Å². The number of benzene rings is 6. The summed E-state index contributed by atoms with van der Waals surface area (Å²) in [5, 5.41) is 5.11. The first-order chi connectivity index (χ1) is 22.3.